The number of aliphatic hydroxyl groups excluding tert-OH is 5. The van der Waals surface area contributed by atoms with Crippen molar-refractivity contribution in [3.8, 4) is 0 Å². The number of fused-ring (bicyclic) bond motifs is 10. The van der Waals surface area contributed by atoms with Gasteiger partial charge in [0.15, 0.2) is 0 Å². The number of nitrogens with one attached hydrogen (secondary N) is 2. The number of hydrogen-bond donors (Lipinski definition) is 7. The van der Waals surface area contributed by atoms with E-state index in [0.29, 0.717) is 61.2 Å². The minimum Gasteiger partial charge on any atom is -0.748 e. The predicted molar refractivity (Wildman–Crippen MR) is 259 cm³/mol. The quantitative estimate of drug-likeness (QED) is 0.0822. The smallest absolute Gasteiger partial charge is 0.748 e. The van der Waals surface area contributed by atoms with E-state index in [2.05, 4.69) is 52.2 Å². The van der Waals surface area contributed by atoms with E-state index in [9.17, 15) is 61.1 Å². The number of hydrogen-bond acceptors (Lipinski definition) is 13. The second kappa shape index (κ2) is 24.3. The van der Waals surface area contributed by atoms with E-state index in [0.717, 1.165) is 77.0 Å². The van der Waals surface area contributed by atoms with Gasteiger partial charge in [0.05, 0.1) is 62.3 Å². The average molecular weight is 1060 g/mol. The third kappa shape index (κ3) is 13.0. The number of aliphatic hydroxyl groups is 5. The van der Waals surface area contributed by atoms with Crippen LogP contribution in [0.25, 0.3) is 0 Å². The molecule has 0 aliphatic heterocycles. The first-order valence-corrected chi connectivity index (χ1v) is 30.1. The summed E-state index contributed by atoms with van der Waals surface area (Å²) >= 11 is 0. The first-order valence-electron chi connectivity index (χ1n) is 26.9. The molecular formula is C52H88N2Na2O13S2. The molecule has 0 heterocycles. The van der Waals surface area contributed by atoms with Crippen LogP contribution in [0, 0.1) is 92.7 Å². The molecule has 71 heavy (non-hydrogen) atoms. The zero-order valence-electron chi connectivity index (χ0n) is 44.4. The number of carbonyl (C=O) groups excluding carboxylic acids is 2. The van der Waals surface area contributed by atoms with Crippen molar-refractivity contribution in [3.63, 3.8) is 0 Å². The van der Waals surface area contributed by atoms with Gasteiger partial charge in [0.2, 0.25) is 11.8 Å². The van der Waals surface area contributed by atoms with Crippen LogP contribution in [-0.4, -0.2) is 118 Å². The van der Waals surface area contributed by atoms with Crippen molar-refractivity contribution in [2.24, 2.45) is 92.7 Å². The van der Waals surface area contributed by atoms with Crippen LogP contribution < -0.4 is 69.7 Å². The maximum absolute atomic E-state index is 12.2. The fourth-order valence-electron chi connectivity index (χ4n) is 18.2. The molecule has 15 nitrogen and oxygen atoms in total. The van der Waals surface area contributed by atoms with Crippen LogP contribution in [-0.2, 0) is 29.8 Å². The van der Waals surface area contributed by atoms with Crippen molar-refractivity contribution in [1.29, 1.82) is 0 Å². The monoisotopic (exact) mass is 1060 g/mol. The fraction of sp³-hybridized carbons (Fsp3) is 0.962. The van der Waals surface area contributed by atoms with Crippen LogP contribution in [0.15, 0.2) is 0 Å². The van der Waals surface area contributed by atoms with Crippen LogP contribution in [0.3, 0.4) is 0 Å². The summed E-state index contributed by atoms with van der Waals surface area (Å²) in [4.78, 5) is 24.4. The van der Waals surface area contributed by atoms with Gasteiger partial charge in [-0.05, 0) is 202 Å². The molecule has 8 saturated carbocycles. The SMILES string of the molecule is C[C@H](CCC(=O)NCCS(=O)(=O)[O-])[C@H]1CC[C@H]2[C@@H]3CC[C@@H]4C[C@H](O)CC[C@]4(C)[C@H]3C[C@H](O)[C@]12C.C[C@H](CCC(=O)NCCS(=O)(=O)[O-])[C@H]1CC[C@H]2[C@@H]3[C@H](O)C[C@@H]4C[C@H](O)CC[C@]4(C)[C@H]3C[C@H](O)[C@]12C.[Na+].[Na+]. The van der Waals surface area contributed by atoms with E-state index in [1.807, 2.05) is 0 Å². The van der Waals surface area contributed by atoms with Crippen molar-refractivity contribution in [1.82, 2.24) is 10.6 Å². The zero-order valence-corrected chi connectivity index (χ0v) is 50.0. The summed E-state index contributed by atoms with van der Waals surface area (Å²) in [6, 6.07) is 0. The Morgan fingerprint density at radius 3 is 1.49 bits per heavy atom. The van der Waals surface area contributed by atoms with Gasteiger partial charge in [0, 0.05) is 25.9 Å². The van der Waals surface area contributed by atoms with Gasteiger partial charge in [0.1, 0.15) is 0 Å². The van der Waals surface area contributed by atoms with Gasteiger partial charge in [-0.3, -0.25) is 9.59 Å². The average Bonchev–Trinajstić information content (AvgIpc) is 3.81. The van der Waals surface area contributed by atoms with E-state index in [4.69, 9.17) is 0 Å². The molecule has 7 N–H and O–H groups in total. The van der Waals surface area contributed by atoms with Gasteiger partial charge >= 0.3 is 59.1 Å². The zero-order chi connectivity index (χ0) is 50.6. The Morgan fingerprint density at radius 1 is 0.563 bits per heavy atom. The third-order valence-electron chi connectivity index (χ3n) is 22.0. The van der Waals surface area contributed by atoms with Gasteiger partial charge in [-0.25, -0.2) is 16.8 Å². The third-order valence-corrected chi connectivity index (χ3v) is 23.4. The van der Waals surface area contributed by atoms with Crippen LogP contribution in [0.2, 0.25) is 0 Å². The largest absolute Gasteiger partial charge is 1.00 e. The molecule has 0 spiro atoms. The number of amides is 2. The standard InChI is InChI=1S/C26H45NO7S.C26H45NO6S.2Na/c1-15(4-7-23(31)27-10-11-35(32,33)34)18-5-6-19-24-20(14-22(30)26(18,19)3)25(2)9-8-17(28)12-16(25)13-21(24)29;1-16(4-9-24(30)27-12-13-34(31,32)33)20-7-8-21-19-6-5-17-14-18(28)10-11-25(17,2)22(19)15-23(29)26(20,21)3;;/h15-22,24,28-30H,4-14H2,1-3H3,(H,27,31)(H,32,33,34);16-23,28-29H,4-15H2,1-3H3,(H,27,30)(H,31,32,33);;/q;;2*+1/p-2/t15-,16+,17-,18-,19+,20+,21-,22+,24+,25+,26-;16-,17-,18-,19+,20-,21+,22+,23+,25+,26-;;/m11../s1. The molecule has 398 valence electrons. The molecule has 8 aliphatic carbocycles. The van der Waals surface area contributed by atoms with E-state index in [-0.39, 0.29) is 166 Å². The van der Waals surface area contributed by atoms with Crippen molar-refractivity contribution >= 4 is 32.1 Å². The van der Waals surface area contributed by atoms with Crippen LogP contribution in [0.5, 0.6) is 0 Å². The molecule has 0 aromatic rings. The summed E-state index contributed by atoms with van der Waals surface area (Å²) in [5.41, 5.74) is -0.175. The molecule has 0 aromatic heterocycles. The summed E-state index contributed by atoms with van der Waals surface area (Å²) in [7, 11) is -8.67. The summed E-state index contributed by atoms with van der Waals surface area (Å²) < 4.78 is 64.4. The molecule has 0 unspecified atom stereocenters. The summed E-state index contributed by atoms with van der Waals surface area (Å²) in [5, 5.41) is 60.1. The van der Waals surface area contributed by atoms with E-state index < -0.39 is 43.9 Å². The molecule has 8 aliphatic rings. The molecular weight excluding hydrogens is 971 g/mol. The van der Waals surface area contributed by atoms with E-state index in [1.165, 1.54) is 12.8 Å². The molecule has 0 bridgehead atoms. The molecule has 0 radical (unpaired) electrons. The molecule has 8 fully saturated rings. The molecule has 8 rings (SSSR count). The van der Waals surface area contributed by atoms with Gasteiger partial charge in [-0.2, -0.15) is 0 Å². The summed E-state index contributed by atoms with van der Waals surface area (Å²) in [6.07, 6.45) is 14.4. The Bertz CT molecular complexity index is 2060. The summed E-state index contributed by atoms with van der Waals surface area (Å²) in [6.45, 7) is 13.3. The second-order valence-electron chi connectivity index (χ2n) is 25.2. The van der Waals surface area contributed by atoms with Crippen LogP contribution in [0.1, 0.15) is 164 Å². The van der Waals surface area contributed by atoms with Gasteiger partial charge in [0.25, 0.3) is 0 Å². The maximum atomic E-state index is 12.2. The van der Waals surface area contributed by atoms with Gasteiger partial charge in [-0.15, -0.1) is 0 Å². The van der Waals surface area contributed by atoms with Gasteiger partial charge in [-0.1, -0.05) is 41.5 Å². The Labute approximate surface area is 470 Å². The fourth-order valence-corrected chi connectivity index (χ4v) is 18.9. The summed E-state index contributed by atoms with van der Waals surface area (Å²) in [5.74, 6) is 2.62. The molecule has 19 heteroatoms. The van der Waals surface area contributed by atoms with Crippen molar-refractivity contribution in [2.45, 2.75) is 194 Å². The maximum Gasteiger partial charge on any atom is 1.00 e. The molecule has 0 saturated heterocycles. The van der Waals surface area contributed by atoms with Crippen LogP contribution in [0.4, 0.5) is 0 Å². The van der Waals surface area contributed by atoms with Crippen molar-refractivity contribution < 1.29 is 120 Å². The van der Waals surface area contributed by atoms with Crippen molar-refractivity contribution in [3.05, 3.63) is 0 Å². The van der Waals surface area contributed by atoms with Gasteiger partial charge < -0.3 is 45.3 Å². The Hall–Kier alpha value is 0.560. The first-order chi connectivity index (χ1) is 32.1. The van der Waals surface area contributed by atoms with E-state index in [1.54, 1.807) is 0 Å². The Kier molecular flexibility index (Phi) is 21.3. The molecule has 2 amide bonds. The first kappa shape index (κ1) is 62.4. The van der Waals surface area contributed by atoms with E-state index >= 15 is 0 Å². The number of carbonyl (C=O) groups is 2. The minimum atomic E-state index is -4.35. The molecule has 21 atom stereocenters. The minimum absolute atomic E-state index is 0. The predicted octanol–water partition coefficient (Wildman–Crippen LogP) is -0.912. The Morgan fingerprint density at radius 2 is 1.00 bits per heavy atom. The Balaban J connectivity index is 0.000000257. The normalized spacial score (nSPS) is 44.4. The van der Waals surface area contributed by atoms with Crippen LogP contribution >= 0.6 is 0 Å². The molecule has 0 aromatic carbocycles. The number of rotatable bonds is 14. The second-order valence-corrected chi connectivity index (χ2v) is 28.2. The van der Waals surface area contributed by atoms with Crippen molar-refractivity contribution in [2.75, 3.05) is 24.6 Å². The topological polar surface area (TPSA) is 274 Å².